The van der Waals surface area contributed by atoms with Crippen LogP contribution in [0.2, 0.25) is 0 Å². The molecule has 1 fully saturated rings. The van der Waals surface area contributed by atoms with E-state index < -0.39 is 0 Å². The summed E-state index contributed by atoms with van der Waals surface area (Å²) >= 11 is 0. The summed E-state index contributed by atoms with van der Waals surface area (Å²) in [5.74, 6) is 1.75. The maximum atomic E-state index is 12.2. The first-order valence-electron chi connectivity index (χ1n) is 7.81. The minimum absolute atomic E-state index is 0.129. The second kappa shape index (κ2) is 8.03. The van der Waals surface area contributed by atoms with Crippen LogP contribution in [-0.4, -0.2) is 51.7 Å². The van der Waals surface area contributed by atoms with Gasteiger partial charge in [0.25, 0.3) is 0 Å². The first kappa shape index (κ1) is 16.6. The number of benzene rings is 1. The molecule has 5 heteroatoms. The number of carbonyl (C=O) groups is 1. The van der Waals surface area contributed by atoms with E-state index in [2.05, 4.69) is 17.3 Å². The van der Waals surface area contributed by atoms with Gasteiger partial charge in [-0.15, -0.1) is 0 Å². The molecule has 1 saturated heterocycles. The van der Waals surface area contributed by atoms with Gasteiger partial charge in [0.05, 0.1) is 20.1 Å². The molecule has 5 nitrogen and oxygen atoms in total. The highest BCUT2D eigenvalue weighted by atomic mass is 16.5. The fourth-order valence-corrected chi connectivity index (χ4v) is 2.89. The first-order chi connectivity index (χ1) is 10.6. The van der Waals surface area contributed by atoms with E-state index in [1.165, 1.54) is 0 Å². The number of nitrogens with one attached hydrogen (secondary N) is 1. The van der Waals surface area contributed by atoms with Crippen molar-refractivity contribution in [1.29, 1.82) is 0 Å². The van der Waals surface area contributed by atoms with Crippen LogP contribution in [0.1, 0.15) is 18.4 Å². The summed E-state index contributed by atoms with van der Waals surface area (Å²) in [6, 6.07) is 5.85. The third-order valence-electron chi connectivity index (χ3n) is 4.16. The fraction of sp³-hybridized carbons (Fsp3) is 0.588. The van der Waals surface area contributed by atoms with Crippen LogP contribution < -0.4 is 14.8 Å². The second-order valence-electron chi connectivity index (χ2n) is 5.83. The maximum Gasteiger partial charge on any atom is 0.224 e. The van der Waals surface area contributed by atoms with Gasteiger partial charge in [0.2, 0.25) is 5.91 Å². The normalized spacial score (nSPS) is 18.8. The lowest BCUT2D eigenvalue weighted by molar-refractivity contribution is -0.126. The van der Waals surface area contributed by atoms with Crippen molar-refractivity contribution in [3.05, 3.63) is 23.8 Å². The Kier molecular flexibility index (Phi) is 6.07. The Bertz CT molecular complexity index is 505. The van der Waals surface area contributed by atoms with Gasteiger partial charge in [-0.05, 0) is 50.6 Å². The number of hydrogen-bond acceptors (Lipinski definition) is 4. The van der Waals surface area contributed by atoms with Crippen molar-refractivity contribution >= 4 is 5.91 Å². The van der Waals surface area contributed by atoms with Crippen molar-refractivity contribution in [2.24, 2.45) is 5.92 Å². The molecule has 1 aliphatic rings. The van der Waals surface area contributed by atoms with Crippen LogP contribution >= 0.6 is 0 Å². The zero-order chi connectivity index (χ0) is 15.9. The van der Waals surface area contributed by atoms with Gasteiger partial charge in [-0.1, -0.05) is 6.07 Å². The standard InChI is InChI=1S/C17H26N2O3/c1-19-10-4-5-14(12-19)17(20)18-9-8-13-6-7-15(21-2)16(11-13)22-3/h6-7,11,14H,4-5,8-10,12H2,1-3H3,(H,18,20)/t14-/m1/s1. The van der Waals surface area contributed by atoms with Crippen LogP contribution in [-0.2, 0) is 11.2 Å². The highest BCUT2D eigenvalue weighted by Gasteiger charge is 2.23. The van der Waals surface area contributed by atoms with Crippen molar-refractivity contribution in [3.8, 4) is 11.5 Å². The highest BCUT2D eigenvalue weighted by Crippen LogP contribution is 2.27. The van der Waals surface area contributed by atoms with Crippen LogP contribution in [0.25, 0.3) is 0 Å². The molecule has 1 aromatic carbocycles. The molecule has 1 amide bonds. The molecule has 0 spiro atoms. The predicted octanol–water partition coefficient (Wildman–Crippen LogP) is 1.70. The summed E-state index contributed by atoms with van der Waals surface area (Å²) in [4.78, 5) is 14.4. The molecule has 0 bridgehead atoms. The predicted molar refractivity (Wildman–Crippen MR) is 86.5 cm³/mol. The molecule has 122 valence electrons. The number of amides is 1. The molecule has 1 heterocycles. The molecular weight excluding hydrogens is 280 g/mol. The molecule has 0 aromatic heterocycles. The SMILES string of the molecule is COc1ccc(CCNC(=O)[C@@H]2CCCN(C)C2)cc1OC. The second-order valence-corrected chi connectivity index (χ2v) is 5.83. The average Bonchev–Trinajstić information content (AvgIpc) is 2.54. The Morgan fingerprint density at radius 2 is 2.09 bits per heavy atom. The third kappa shape index (κ3) is 4.37. The van der Waals surface area contributed by atoms with Crippen LogP contribution in [0, 0.1) is 5.92 Å². The lowest BCUT2D eigenvalue weighted by Crippen LogP contribution is -2.41. The molecule has 0 unspecified atom stereocenters. The smallest absolute Gasteiger partial charge is 0.224 e. The van der Waals surface area contributed by atoms with Crippen molar-refractivity contribution in [2.45, 2.75) is 19.3 Å². The van der Waals surface area contributed by atoms with E-state index >= 15 is 0 Å². The van der Waals surface area contributed by atoms with Crippen molar-refractivity contribution in [3.63, 3.8) is 0 Å². The Morgan fingerprint density at radius 3 is 2.77 bits per heavy atom. The van der Waals surface area contributed by atoms with Gasteiger partial charge in [0.15, 0.2) is 11.5 Å². The van der Waals surface area contributed by atoms with E-state index in [0.717, 1.165) is 49.4 Å². The molecule has 1 N–H and O–H groups in total. The number of piperidine rings is 1. The number of methoxy groups -OCH3 is 2. The van der Waals surface area contributed by atoms with Gasteiger partial charge in [-0.3, -0.25) is 4.79 Å². The lowest BCUT2D eigenvalue weighted by Gasteiger charge is -2.28. The lowest BCUT2D eigenvalue weighted by atomic mass is 9.97. The highest BCUT2D eigenvalue weighted by molar-refractivity contribution is 5.78. The molecule has 1 aliphatic heterocycles. The van der Waals surface area contributed by atoms with E-state index in [1.54, 1.807) is 14.2 Å². The summed E-state index contributed by atoms with van der Waals surface area (Å²) in [5, 5.41) is 3.05. The molecule has 0 saturated carbocycles. The van der Waals surface area contributed by atoms with Crippen molar-refractivity contribution < 1.29 is 14.3 Å². The largest absolute Gasteiger partial charge is 0.493 e. The molecule has 2 rings (SSSR count). The minimum atomic E-state index is 0.129. The van der Waals surface area contributed by atoms with Gasteiger partial charge in [0, 0.05) is 13.1 Å². The van der Waals surface area contributed by atoms with Crippen LogP contribution in [0.4, 0.5) is 0 Å². The van der Waals surface area contributed by atoms with Gasteiger partial charge in [-0.2, -0.15) is 0 Å². The number of rotatable bonds is 6. The summed E-state index contributed by atoms with van der Waals surface area (Å²) in [7, 11) is 5.32. The van der Waals surface area contributed by atoms with Crippen molar-refractivity contribution in [2.75, 3.05) is 40.9 Å². The number of ether oxygens (including phenoxy) is 2. The van der Waals surface area contributed by atoms with Gasteiger partial charge in [-0.25, -0.2) is 0 Å². The summed E-state index contributed by atoms with van der Waals surface area (Å²) in [5.41, 5.74) is 1.12. The van der Waals surface area contributed by atoms with Gasteiger partial charge >= 0.3 is 0 Å². The van der Waals surface area contributed by atoms with Crippen molar-refractivity contribution in [1.82, 2.24) is 10.2 Å². The third-order valence-corrected chi connectivity index (χ3v) is 4.16. The van der Waals surface area contributed by atoms with E-state index in [9.17, 15) is 4.79 Å². The summed E-state index contributed by atoms with van der Waals surface area (Å²) < 4.78 is 10.5. The quantitative estimate of drug-likeness (QED) is 0.869. The Labute approximate surface area is 132 Å². The molecule has 1 aromatic rings. The minimum Gasteiger partial charge on any atom is -0.493 e. The first-order valence-corrected chi connectivity index (χ1v) is 7.81. The Hall–Kier alpha value is -1.75. The number of hydrogen-bond donors (Lipinski definition) is 1. The molecular formula is C17H26N2O3. The van der Waals surface area contributed by atoms with Crippen LogP contribution in [0.15, 0.2) is 18.2 Å². The number of nitrogens with zero attached hydrogens (tertiary/aromatic N) is 1. The molecule has 1 atom stereocenters. The van der Waals surface area contributed by atoms with Crippen LogP contribution in [0.5, 0.6) is 11.5 Å². The van der Waals surface area contributed by atoms with Gasteiger partial charge < -0.3 is 19.7 Å². The number of carbonyl (C=O) groups excluding carboxylic acids is 1. The van der Waals surface area contributed by atoms with Crippen LogP contribution in [0.3, 0.4) is 0 Å². The Balaban J connectivity index is 1.82. The Morgan fingerprint density at radius 1 is 1.32 bits per heavy atom. The summed E-state index contributed by atoms with van der Waals surface area (Å²) in [6.07, 6.45) is 2.88. The zero-order valence-corrected chi connectivity index (χ0v) is 13.7. The maximum absolute atomic E-state index is 12.2. The van der Waals surface area contributed by atoms with E-state index in [-0.39, 0.29) is 11.8 Å². The average molecular weight is 306 g/mol. The van der Waals surface area contributed by atoms with E-state index in [4.69, 9.17) is 9.47 Å². The molecule has 22 heavy (non-hydrogen) atoms. The molecule has 0 aliphatic carbocycles. The van der Waals surface area contributed by atoms with Gasteiger partial charge in [0.1, 0.15) is 0 Å². The topological polar surface area (TPSA) is 50.8 Å². The summed E-state index contributed by atoms with van der Waals surface area (Å²) in [6.45, 7) is 2.60. The fourth-order valence-electron chi connectivity index (χ4n) is 2.89. The van der Waals surface area contributed by atoms with E-state index in [1.807, 2.05) is 18.2 Å². The number of likely N-dealkylation sites (tertiary alicyclic amines) is 1. The van der Waals surface area contributed by atoms with E-state index in [0.29, 0.717) is 6.54 Å². The molecule has 0 radical (unpaired) electrons. The monoisotopic (exact) mass is 306 g/mol. The zero-order valence-electron chi connectivity index (χ0n) is 13.7.